The van der Waals surface area contributed by atoms with Gasteiger partial charge in [0.1, 0.15) is 5.54 Å². The van der Waals surface area contributed by atoms with Crippen LogP contribution in [-0.2, 0) is 35.7 Å². The number of halogens is 7. The van der Waals surface area contributed by atoms with Gasteiger partial charge < -0.3 is 18.9 Å². The number of carbonyl (C=O) groups is 3. The van der Waals surface area contributed by atoms with E-state index in [9.17, 15) is 40.7 Å². The number of benzene rings is 2. The van der Waals surface area contributed by atoms with E-state index in [-0.39, 0.29) is 55.5 Å². The standard InChI is InChI=1S/C31H30ClF6NO7/c1-17(15-44-27(42)31(36,37)38)10-19-11-18-12-23-24(46-16-45-23)14-22(18)28(19)6-8-29(9-7-28,26(41)43-2)39(25(40)30(33,34)35)21-5-3-4-20(32)13-21/h3-5,12-14,17,19H,6-11,15-16H2,1-2H3/t17-,19+,28?,29?/m1/s1. The van der Waals surface area contributed by atoms with E-state index in [0.29, 0.717) is 22.8 Å². The smallest absolute Gasteiger partial charge is 0.467 e. The third kappa shape index (κ3) is 6.07. The summed E-state index contributed by atoms with van der Waals surface area (Å²) in [6.07, 6.45) is -10.0. The van der Waals surface area contributed by atoms with Gasteiger partial charge in [-0.25, -0.2) is 9.59 Å². The van der Waals surface area contributed by atoms with Gasteiger partial charge in [-0.05, 0) is 97.2 Å². The maximum Gasteiger partial charge on any atom is 0.490 e. The number of hydrogen-bond acceptors (Lipinski definition) is 7. The van der Waals surface area contributed by atoms with Crippen LogP contribution in [0.25, 0.3) is 0 Å². The van der Waals surface area contributed by atoms with E-state index in [1.54, 1.807) is 19.1 Å². The Hall–Kier alpha value is -3.68. The molecular weight excluding hydrogens is 648 g/mol. The molecule has 15 heteroatoms. The fraction of sp³-hybridized carbons (Fsp3) is 0.516. The maximum atomic E-state index is 14.1. The molecule has 1 fully saturated rings. The molecule has 250 valence electrons. The second-order valence-corrected chi connectivity index (χ2v) is 12.4. The summed E-state index contributed by atoms with van der Waals surface area (Å²) in [7, 11) is 1.03. The number of carbonyl (C=O) groups excluding carboxylic acids is 3. The second-order valence-electron chi connectivity index (χ2n) is 12.0. The Bertz CT molecular complexity index is 1520. The van der Waals surface area contributed by atoms with E-state index in [1.807, 2.05) is 0 Å². The van der Waals surface area contributed by atoms with Gasteiger partial charge in [-0.15, -0.1) is 0 Å². The Balaban J connectivity index is 1.53. The molecule has 0 bridgehead atoms. The number of amides is 1. The van der Waals surface area contributed by atoms with Crippen molar-refractivity contribution in [2.75, 3.05) is 25.4 Å². The molecule has 1 saturated carbocycles. The Morgan fingerprint density at radius 3 is 2.24 bits per heavy atom. The minimum Gasteiger partial charge on any atom is -0.467 e. The zero-order valence-electron chi connectivity index (χ0n) is 24.7. The van der Waals surface area contributed by atoms with Gasteiger partial charge in [0, 0.05) is 10.7 Å². The number of esters is 2. The van der Waals surface area contributed by atoms with Gasteiger partial charge >= 0.3 is 30.2 Å². The fourth-order valence-corrected chi connectivity index (χ4v) is 7.44. The number of hydrogen-bond donors (Lipinski definition) is 0. The van der Waals surface area contributed by atoms with Crippen molar-refractivity contribution in [3.8, 4) is 11.5 Å². The van der Waals surface area contributed by atoms with Crippen LogP contribution in [0.3, 0.4) is 0 Å². The molecule has 46 heavy (non-hydrogen) atoms. The molecule has 2 aromatic carbocycles. The summed E-state index contributed by atoms with van der Waals surface area (Å²) in [6, 6.07) is 8.80. The number of methoxy groups -OCH3 is 1. The number of fused-ring (bicyclic) bond motifs is 3. The number of nitrogens with zero attached hydrogens (tertiary/aromatic N) is 1. The summed E-state index contributed by atoms with van der Waals surface area (Å²) in [5, 5.41) is 0.0471. The fourth-order valence-electron chi connectivity index (χ4n) is 7.26. The average Bonchev–Trinajstić information content (AvgIpc) is 3.56. The van der Waals surface area contributed by atoms with Crippen LogP contribution in [0.4, 0.5) is 32.0 Å². The molecule has 3 aliphatic rings. The third-order valence-corrected chi connectivity index (χ3v) is 9.51. The number of rotatable bonds is 7. The highest BCUT2D eigenvalue weighted by Gasteiger charge is 2.60. The lowest BCUT2D eigenvalue weighted by Gasteiger charge is -2.51. The monoisotopic (exact) mass is 677 g/mol. The zero-order chi connectivity index (χ0) is 33.7. The van der Waals surface area contributed by atoms with Crippen molar-refractivity contribution in [1.29, 1.82) is 0 Å². The van der Waals surface area contributed by atoms with Gasteiger partial charge in [0.25, 0.3) is 0 Å². The first-order valence-electron chi connectivity index (χ1n) is 14.4. The van der Waals surface area contributed by atoms with Crippen molar-refractivity contribution < 1.29 is 59.7 Å². The number of alkyl halides is 6. The molecule has 0 aromatic heterocycles. The van der Waals surface area contributed by atoms with Crippen LogP contribution >= 0.6 is 11.6 Å². The largest absolute Gasteiger partial charge is 0.490 e. The molecular formula is C31H30ClF6NO7. The molecule has 0 saturated heterocycles. The lowest BCUT2D eigenvalue weighted by atomic mass is 9.59. The van der Waals surface area contributed by atoms with E-state index in [1.165, 1.54) is 24.3 Å². The molecule has 0 N–H and O–H groups in total. The van der Waals surface area contributed by atoms with Gasteiger partial charge in [0.15, 0.2) is 11.5 Å². The van der Waals surface area contributed by atoms with Crippen molar-refractivity contribution in [1.82, 2.24) is 0 Å². The third-order valence-electron chi connectivity index (χ3n) is 9.27. The molecule has 8 nitrogen and oxygen atoms in total. The van der Waals surface area contributed by atoms with E-state index in [2.05, 4.69) is 4.74 Å². The van der Waals surface area contributed by atoms with Crippen molar-refractivity contribution in [2.45, 2.75) is 68.8 Å². The van der Waals surface area contributed by atoms with Crippen LogP contribution in [0.2, 0.25) is 5.02 Å². The van der Waals surface area contributed by atoms with Crippen LogP contribution in [0, 0.1) is 11.8 Å². The Kier molecular flexibility index (Phi) is 8.90. The molecule has 2 atom stereocenters. The molecule has 0 unspecified atom stereocenters. The molecule has 1 amide bonds. The SMILES string of the molecule is COC(=O)C1(N(C(=O)C(F)(F)F)c2cccc(Cl)c2)CCC2(CC1)c1cc3c(cc1C[C@@H]2C[C@@H](C)COC(=O)C(F)(F)F)OCO3. The summed E-state index contributed by atoms with van der Waals surface area (Å²) in [5.41, 5.74) is -1.40. The van der Waals surface area contributed by atoms with Gasteiger partial charge in [0.2, 0.25) is 6.79 Å². The van der Waals surface area contributed by atoms with Gasteiger partial charge in [-0.1, -0.05) is 24.6 Å². The quantitative estimate of drug-likeness (QED) is 0.238. The Labute approximate surface area is 264 Å². The maximum absolute atomic E-state index is 14.1. The topological polar surface area (TPSA) is 91.4 Å². The minimum atomic E-state index is -5.35. The molecule has 1 aliphatic heterocycles. The Morgan fingerprint density at radius 2 is 1.65 bits per heavy atom. The van der Waals surface area contributed by atoms with Gasteiger partial charge in [0.05, 0.1) is 13.7 Å². The second kappa shape index (κ2) is 12.2. The van der Waals surface area contributed by atoms with Crippen molar-refractivity contribution in [2.24, 2.45) is 11.8 Å². The van der Waals surface area contributed by atoms with E-state index < -0.39 is 53.7 Å². The van der Waals surface area contributed by atoms with Crippen LogP contribution in [0.5, 0.6) is 11.5 Å². The number of anilines is 1. The summed E-state index contributed by atoms with van der Waals surface area (Å²) < 4.78 is 101. The normalized spacial score (nSPS) is 24.3. The molecule has 5 rings (SSSR count). The van der Waals surface area contributed by atoms with Crippen LogP contribution in [0.1, 0.15) is 50.2 Å². The number of ether oxygens (including phenoxy) is 4. The molecule has 2 aromatic rings. The van der Waals surface area contributed by atoms with Gasteiger partial charge in [-0.3, -0.25) is 9.69 Å². The van der Waals surface area contributed by atoms with Crippen LogP contribution in [0.15, 0.2) is 36.4 Å². The summed E-state index contributed by atoms with van der Waals surface area (Å²) in [5.74, 6) is -5.43. The summed E-state index contributed by atoms with van der Waals surface area (Å²) >= 11 is 6.09. The van der Waals surface area contributed by atoms with Crippen molar-refractivity contribution in [3.63, 3.8) is 0 Å². The zero-order valence-corrected chi connectivity index (χ0v) is 25.5. The van der Waals surface area contributed by atoms with Gasteiger partial charge in [-0.2, -0.15) is 26.3 Å². The lowest BCUT2D eigenvalue weighted by Crippen LogP contribution is -2.63. The predicted molar refractivity (Wildman–Crippen MR) is 150 cm³/mol. The highest BCUT2D eigenvalue weighted by Crippen LogP contribution is 2.59. The van der Waals surface area contributed by atoms with E-state index in [0.717, 1.165) is 18.2 Å². The first-order chi connectivity index (χ1) is 21.5. The van der Waals surface area contributed by atoms with Crippen molar-refractivity contribution >= 4 is 35.1 Å². The predicted octanol–water partition coefficient (Wildman–Crippen LogP) is 6.69. The molecule has 1 spiro atoms. The molecule has 1 heterocycles. The van der Waals surface area contributed by atoms with Crippen LogP contribution in [-0.4, -0.2) is 56.2 Å². The Morgan fingerprint density at radius 1 is 1.00 bits per heavy atom. The molecule has 0 radical (unpaired) electrons. The highest BCUT2D eigenvalue weighted by molar-refractivity contribution is 6.31. The van der Waals surface area contributed by atoms with Crippen LogP contribution < -0.4 is 14.4 Å². The minimum absolute atomic E-state index is 0.00410. The average molecular weight is 678 g/mol. The molecule has 2 aliphatic carbocycles. The first kappa shape index (κ1) is 33.7. The first-order valence-corrected chi connectivity index (χ1v) is 14.8. The summed E-state index contributed by atoms with van der Waals surface area (Å²) in [6.45, 7) is 1.13. The van der Waals surface area contributed by atoms with E-state index >= 15 is 0 Å². The van der Waals surface area contributed by atoms with Crippen molar-refractivity contribution in [3.05, 3.63) is 52.5 Å². The van der Waals surface area contributed by atoms with E-state index in [4.69, 9.17) is 25.8 Å². The lowest BCUT2D eigenvalue weighted by molar-refractivity contribution is -0.200. The summed E-state index contributed by atoms with van der Waals surface area (Å²) in [4.78, 5) is 38.3. The highest BCUT2D eigenvalue weighted by atomic mass is 35.5.